The van der Waals surface area contributed by atoms with Crippen LogP contribution in [0.5, 0.6) is 0 Å². The molecule has 1 fully saturated rings. The van der Waals surface area contributed by atoms with Crippen LogP contribution in [-0.2, 0) is 0 Å². The topological polar surface area (TPSA) is 62.7 Å². The van der Waals surface area contributed by atoms with Crippen molar-refractivity contribution in [3.8, 4) is 17.5 Å². The third-order valence-electron chi connectivity index (χ3n) is 3.85. The van der Waals surface area contributed by atoms with E-state index < -0.39 is 5.82 Å². The number of nitriles is 1. The molecular weight excluding hydrogens is 281 g/mol. The van der Waals surface area contributed by atoms with Gasteiger partial charge in [0.25, 0.3) is 0 Å². The summed E-state index contributed by atoms with van der Waals surface area (Å²) in [5.41, 5.74) is 0.428. The fourth-order valence-corrected chi connectivity index (χ4v) is 2.63. The van der Waals surface area contributed by atoms with Crippen molar-refractivity contribution >= 4 is 11.6 Å². The van der Waals surface area contributed by atoms with Crippen molar-refractivity contribution in [3.63, 3.8) is 0 Å². The number of nitrogens with zero attached hydrogens (tertiary/aromatic N) is 3. The number of hydrogen-bond donors (Lipinski definition) is 0. The Bertz CT molecular complexity index is 719. The average Bonchev–Trinajstić information content (AvgIpc) is 2.76. The molecule has 0 spiro atoms. The van der Waals surface area contributed by atoms with Gasteiger partial charge in [-0.1, -0.05) is 30.6 Å². The average molecular weight is 292 g/mol. The molecule has 0 bridgehead atoms. The Morgan fingerprint density at radius 1 is 1.45 bits per heavy atom. The maximum absolute atomic E-state index is 13.1. The zero-order valence-electron chi connectivity index (χ0n) is 10.9. The molecule has 20 heavy (non-hydrogen) atoms. The van der Waals surface area contributed by atoms with E-state index in [9.17, 15) is 4.39 Å². The second kappa shape index (κ2) is 4.29. The Balaban J connectivity index is 1.92. The zero-order valence-corrected chi connectivity index (χ0v) is 11.6. The molecule has 2 aromatic rings. The van der Waals surface area contributed by atoms with E-state index in [0.29, 0.717) is 17.3 Å². The molecule has 102 valence electrons. The third-order valence-corrected chi connectivity index (χ3v) is 4.14. The number of hydrogen-bond acceptors (Lipinski definition) is 4. The Kier molecular flexibility index (Phi) is 2.80. The van der Waals surface area contributed by atoms with Gasteiger partial charge in [-0.15, -0.1) is 0 Å². The summed E-state index contributed by atoms with van der Waals surface area (Å²) < 4.78 is 18.4. The molecule has 6 heteroatoms. The van der Waals surface area contributed by atoms with Crippen LogP contribution < -0.4 is 0 Å². The molecule has 0 amide bonds. The number of rotatable bonds is 2. The lowest BCUT2D eigenvalue weighted by Crippen LogP contribution is -1.90. The molecule has 4 nitrogen and oxygen atoms in total. The van der Waals surface area contributed by atoms with E-state index in [2.05, 4.69) is 16.2 Å². The van der Waals surface area contributed by atoms with Crippen LogP contribution >= 0.6 is 11.6 Å². The maximum Gasteiger partial charge on any atom is 0.232 e. The first-order valence-corrected chi connectivity index (χ1v) is 6.51. The highest BCUT2D eigenvalue weighted by Gasteiger charge is 2.62. The first kappa shape index (κ1) is 13.1. The van der Waals surface area contributed by atoms with E-state index in [1.54, 1.807) is 0 Å². The standard InChI is InChI=1S/C14H11ClFN3O/c1-14(2)8(6-17)11(14)13-18-12(19-20-13)7-3-4-10(16)9(15)5-7/h3-5,8,11H,1-2H3. The lowest BCUT2D eigenvalue weighted by molar-refractivity contribution is 0.368. The second-order valence-corrected chi connectivity index (χ2v) is 5.90. The summed E-state index contributed by atoms with van der Waals surface area (Å²) in [5.74, 6) is 0.127. The van der Waals surface area contributed by atoms with E-state index in [4.69, 9.17) is 21.4 Å². The highest BCUT2D eigenvalue weighted by molar-refractivity contribution is 6.31. The fraction of sp³-hybridized carbons (Fsp3) is 0.357. The van der Waals surface area contributed by atoms with Crippen molar-refractivity contribution in [2.24, 2.45) is 11.3 Å². The first-order chi connectivity index (χ1) is 9.45. The summed E-state index contributed by atoms with van der Waals surface area (Å²) in [6.07, 6.45) is 0. The van der Waals surface area contributed by atoms with Crippen LogP contribution in [0.4, 0.5) is 4.39 Å². The van der Waals surface area contributed by atoms with Gasteiger partial charge < -0.3 is 4.52 Å². The van der Waals surface area contributed by atoms with Crippen molar-refractivity contribution in [1.29, 1.82) is 5.26 Å². The van der Waals surface area contributed by atoms with Crippen LogP contribution in [0.15, 0.2) is 22.7 Å². The molecule has 1 aromatic carbocycles. The van der Waals surface area contributed by atoms with Gasteiger partial charge in [-0.25, -0.2) is 4.39 Å². The Morgan fingerprint density at radius 3 is 2.80 bits per heavy atom. The second-order valence-electron chi connectivity index (χ2n) is 5.49. The summed E-state index contributed by atoms with van der Waals surface area (Å²) in [6.45, 7) is 3.98. The largest absolute Gasteiger partial charge is 0.339 e. The minimum Gasteiger partial charge on any atom is -0.339 e. The molecule has 0 N–H and O–H groups in total. The van der Waals surface area contributed by atoms with Crippen molar-refractivity contribution < 1.29 is 8.91 Å². The predicted octanol–water partition coefficient (Wildman–Crippen LogP) is 3.79. The van der Waals surface area contributed by atoms with Gasteiger partial charge in [0.2, 0.25) is 11.7 Å². The molecule has 1 heterocycles. The van der Waals surface area contributed by atoms with Crippen LogP contribution in [0.3, 0.4) is 0 Å². The summed E-state index contributed by atoms with van der Waals surface area (Å²) in [4.78, 5) is 4.30. The molecule has 1 aliphatic rings. The zero-order chi connectivity index (χ0) is 14.5. The molecule has 1 saturated carbocycles. The van der Waals surface area contributed by atoms with Gasteiger partial charge in [0.1, 0.15) is 5.82 Å². The van der Waals surface area contributed by atoms with Crippen LogP contribution in [-0.4, -0.2) is 10.1 Å². The summed E-state index contributed by atoms with van der Waals surface area (Å²) in [6, 6.07) is 6.49. The number of halogens is 2. The molecule has 1 aromatic heterocycles. The van der Waals surface area contributed by atoms with Crippen LogP contribution in [0, 0.1) is 28.5 Å². The molecule has 0 saturated heterocycles. The molecule has 2 atom stereocenters. The SMILES string of the molecule is CC1(C)C(C#N)C1c1nc(-c2ccc(F)c(Cl)c2)no1. The van der Waals surface area contributed by atoms with Crippen LogP contribution in [0.1, 0.15) is 25.7 Å². The first-order valence-electron chi connectivity index (χ1n) is 6.14. The van der Waals surface area contributed by atoms with Crippen molar-refractivity contribution in [2.45, 2.75) is 19.8 Å². The Labute approximate surface area is 120 Å². The minimum atomic E-state index is -0.494. The summed E-state index contributed by atoms with van der Waals surface area (Å²) >= 11 is 5.73. The Morgan fingerprint density at radius 2 is 2.20 bits per heavy atom. The summed E-state index contributed by atoms with van der Waals surface area (Å²) in [7, 11) is 0. The minimum absolute atomic E-state index is 0.00973. The molecule has 0 aliphatic heterocycles. The van der Waals surface area contributed by atoms with Gasteiger partial charge in [0, 0.05) is 5.56 Å². The van der Waals surface area contributed by atoms with E-state index in [1.807, 2.05) is 13.8 Å². The summed E-state index contributed by atoms with van der Waals surface area (Å²) in [5, 5.41) is 13.0. The highest BCUT2D eigenvalue weighted by Crippen LogP contribution is 2.63. The smallest absolute Gasteiger partial charge is 0.232 e. The molecular formula is C14H11ClFN3O. The van der Waals surface area contributed by atoms with E-state index >= 15 is 0 Å². The number of aromatic nitrogens is 2. The normalized spacial score (nSPS) is 23.4. The van der Waals surface area contributed by atoms with Crippen LogP contribution in [0.25, 0.3) is 11.4 Å². The predicted molar refractivity (Wildman–Crippen MR) is 70.3 cm³/mol. The van der Waals surface area contributed by atoms with E-state index in [0.717, 1.165) is 0 Å². The molecule has 1 aliphatic carbocycles. The molecule has 2 unspecified atom stereocenters. The number of benzene rings is 1. The van der Waals surface area contributed by atoms with Gasteiger partial charge in [0.05, 0.1) is 22.9 Å². The third kappa shape index (κ3) is 1.88. The van der Waals surface area contributed by atoms with Gasteiger partial charge in [0.15, 0.2) is 0 Å². The highest BCUT2D eigenvalue weighted by atomic mass is 35.5. The van der Waals surface area contributed by atoms with Crippen molar-refractivity contribution in [2.75, 3.05) is 0 Å². The lowest BCUT2D eigenvalue weighted by atomic mass is 10.1. The van der Waals surface area contributed by atoms with Gasteiger partial charge in [-0.2, -0.15) is 10.2 Å². The van der Waals surface area contributed by atoms with Gasteiger partial charge >= 0.3 is 0 Å². The molecule has 3 rings (SSSR count). The maximum atomic E-state index is 13.1. The fourth-order valence-electron chi connectivity index (χ4n) is 2.45. The lowest BCUT2D eigenvalue weighted by Gasteiger charge is -1.97. The Hall–Kier alpha value is -1.93. The van der Waals surface area contributed by atoms with Gasteiger partial charge in [-0.3, -0.25) is 0 Å². The van der Waals surface area contributed by atoms with Crippen molar-refractivity contribution in [3.05, 3.63) is 34.9 Å². The monoisotopic (exact) mass is 291 g/mol. The quantitative estimate of drug-likeness (QED) is 0.844. The van der Waals surface area contributed by atoms with Gasteiger partial charge in [-0.05, 0) is 23.6 Å². The van der Waals surface area contributed by atoms with Crippen LogP contribution in [0.2, 0.25) is 5.02 Å². The van der Waals surface area contributed by atoms with E-state index in [1.165, 1.54) is 18.2 Å². The van der Waals surface area contributed by atoms with Crippen molar-refractivity contribution in [1.82, 2.24) is 10.1 Å². The van der Waals surface area contributed by atoms with E-state index in [-0.39, 0.29) is 22.3 Å². The molecule has 0 radical (unpaired) electrons.